The first-order chi connectivity index (χ1) is 12.2. The maximum absolute atomic E-state index is 12.6. The van der Waals surface area contributed by atoms with Gasteiger partial charge in [0.1, 0.15) is 18.1 Å². The van der Waals surface area contributed by atoms with Gasteiger partial charge in [-0.3, -0.25) is 10.00 Å². The molecule has 25 heavy (non-hydrogen) atoms. The molecule has 1 atom stereocenters. The molecule has 0 aromatic carbocycles. The number of likely N-dealkylation sites (tertiary alicyclic amines) is 1. The number of ether oxygens (including phenoxy) is 1. The molecular weight excluding hydrogens is 322 g/mol. The van der Waals surface area contributed by atoms with Crippen molar-refractivity contribution in [1.82, 2.24) is 14.7 Å². The molecule has 2 amide bonds. The number of aromatic nitrogens is 2. The molecule has 1 aliphatic heterocycles. The molecule has 0 saturated carbocycles. The topological polar surface area (TPSA) is 96.3 Å². The number of nitrogens with one attached hydrogen (secondary N) is 1. The maximum atomic E-state index is 12.6. The number of nitriles is 1. The van der Waals surface area contributed by atoms with Gasteiger partial charge in [-0.05, 0) is 25.0 Å². The minimum absolute atomic E-state index is 0.0775. The number of urea groups is 1. The molecule has 1 fully saturated rings. The molecule has 0 spiro atoms. The number of amides is 2. The molecule has 3 rings (SSSR count). The first-order valence-corrected chi connectivity index (χ1v) is 8.27. The monoisotopic (exact) mass is 343 g/mol. The van der Waals surface area contributed by atoms with Crippen molar-refractivity contribution in [2.45, 2.75) is 38.5 Å². The third-order valence-electron chi connectivity index (χ3n) is 4.14. The number of hydrogen-bond acceptors (Lipinski definition) is 5. The minimum atomic E-state index is -0.197. The molecule has 1 aliphatic rings. The van der Waals surface area contributed by atoms with Crippen LogP contribution in [0.5, 0.6) is 0 Å². The van der Waals surface area contributed by atoms with E-state index < -0.39 is 0 Å². The average Bonchev–Trinajstić information content (AvgIpc) is 3.33. The average molecular weight is 343 g/mol. The number of carbonyl (C=O) groups is 1. The number of rotatable bonds is 6. The van der Waals surface area contributed by atoms with Crippen LogP contribution in [-0.4, -0.2) is 34.4 Å². The zero-order valence-corrected chi connectivity index (χ0v) is 14.1. The molecule has 0 aliphatic carbocycles. The van der Waals surface area contributed by atoms with Gasteiger partial charge in [0, 0.05) is 25.9 Å². The number of nitrogens with zero attached hydrogens (tertiary/aromatic N) is 4. The highest BCUT2D eigenvalue weighted by molar-refractivity contribution is 5.88. The fourth-order valence-electron chi connectivity index (χ4n) is 3.00. The SMILES string of the molecule is COCc1ccc([C@@H]2CCCN2C(=O)Nc2ccn(CCC#N)n2)o1. The Morgan fingerprint density at radius 1 is 1.52 bits per heavy atom. The summed E-state index contributed by atoms with van der Waals surface area (Å²) in [5.74, 6) is 2.01. The molecule has 0 unspecified atom stereocenters. The van der Waals surface area contributed by atoms with Crippen molar-refractivity contribution in [3.8, 4) is 6.07 Å². The summed E-state index contributed by atoms with van der Waals surface area (Å²) in [4.78, 5) is 14.4. The number of hydrogen-bond donors (Lipinski definition) is 1. The Bertz CT molecular complexity index is 760. The van der Waals surface area contributed by atoms with E-state index in [1.807, 2.05) is 12.1 Å². The molecule has 0 radical (unpaired) electrons. The molecular formula is C17H21N5O3. The van der Waals surface area contributed by atoms with E-state index in [1.165, 1.54) is 0 Å². The van der Waals surface area contributed by atoms with Crippen molar-refractivity contribution in [2.75, 3.05) is 19.0 Å². The first-order valence-electron chi connectivity index (χ1n) is 8.27. The molecule has 8 nitrogen and oxygen atoms in total. The van der Waals surface area contributed by atoms with E-state index in [4.69, 9.17) is 14.4 Å². The van der Waals surface area contributed by atoms with Gasteiger partial charge in [-0.25, -0.2) is 4.79 Å². The van der Waals surface area contributed by atoms with E-state index in [9.17, 15) is 4.79 Å². The summed E-state index contributed by atoms with van der Waals surface area (Å²) in [6.07, 6.45) is 3.92. The number of methoxy groups -OCH3 is 1. The second-order valence-corrected chi connectivity index (χ2v) is 5.89. The molecule has 8 heteroatoms. The van der Waals surface area contributed by atoms with Crippen LogP contribution in [0.1, 0.15) is 36.8 Å². The quantitative estimate of drug-likeness (QED) is 0.870. The Kier molecular flexibility index (Phi) is 5.36. The summed E-state index contributed by atoms with van der Waals surface area (Å²) in [6.45, 7) is 1.60. The molecule has 132 valence electrons. The summed E-state index contributed by atoms with van der Waals surface area (Å²) in [6, 6.07) is 7.31. The number of anilines is 1. The van der Waals surface area contributed by atoms with Crippen molar-refractivity contribution < 1.29 is 13.9 Å². The Hall–Kier alpha value is -2.79. The van der Waals surface area contributed by atoms with Crippen molar-refractivity contribution in [3.63, 3.8) is 0 Å². The molecule has 3 heterocycles. The lowest BCUT2D eigenvalue weighted by Gasteiger charge is -2.23. The summed E-state index contributed by atoms with van der Waals surface area (Å²) in [7, 11) is 1.62. The van der Waals surface area contributed by atoms with E-state index >= 15 is 0 Å². The van der Waals surface area contributed by atoms with Gasteiger partial charge >= 0.3 is 6.03 Å². The standard InChI is InChI=1S/C17H21N5O3/c1-24-12-13-5-6-15(25-13)14-4-2-10-22(14)17(23)19-16-7-11-21(20-16)9-3-8-18/h5-7,11,14H,2-4,9-10,12H2,1H3,(H,19,20,23)/t14-/m0/s1. The molecule has 0 bridgehead atoms. The normalized spacial score (nSPS) is 16.8. The molecule has 2 aromatic heterocycles. The second-order valence-electron chi connectivity index (χ2n) is 5.89. The van der Waals surface area contributed by atoms with Gasteiger partial charge in [0.15, 0.2) is 5.82 Å². The van der Waals surface area contributed by atoms with Crippen molar-refractivity contribution >= 4 is 11.8 Å². The lowest BCUT2D eigenvalue weighted by atomic mass is 10.2. The second kappa shape index (κ2) is 7.85. The highest BCUT2D eigenvalue weighted by Crippen LogP contribution is 2.33. The van der Waals surface area contributed by atoms with Crippen LogP contribution < -0.4 is 5.32 Å². The fourth-order valence-corrected chi connectivity index (χ4v) is 3.00. The number of aryl methyl sites for hydroxylation is 1. The highest BCUT2D eigenvalue weighted by Gasteiger charge is 2.32. The lowest BCUT2D eigenvalue weighted by molar-refractivity contribution is 0.157. The zero-order chi connectivity index (χ0) is 17.6. The van der Waals surface area contributed by atoms with Gasteiger partial charge in [-0.15, -0.1) is 0 Å². The van der Waals surface area contributed by atoms with E-state index in [1.54, 1.807) is 29.0 Å². The van der Waals surface area contributed by atoms with Crippen LogP contribution in [0.2, 0.25) is 0 Å². The van der Waals surface area contributed by atoms with Gasteiger partial charge in [-0.2, -0.15) is 10.4 Å². The van der Waals surface area contributed by atoms with Crippen LogP contribution >= 0.6 is 0 Å². The minimum Gasteiger partial charge on any atom is -0.461 e. The first kappa shape index (κ1) is 17.0. The van der Waals surface area contributed by atoms with E-state index in [2.05, 4.69) is 16.5 Å². The Morgan fingerprint density at radius 3 is 3.20 bits per heavy atom. The van der Waals surface area contributed by atoms with Gasteiger partial charge in [0.2, 0.25) is 0 Å². The summed E-state index contributed by atoms with van der Waals surface area (Å²) in [5.41, 5.74) is 0. The van der Waals surface area contributed by atoms with E-state index in [0.29, 0.717) is 31.9 Å². The Morgan fingerprint density at radius 2 is 2.40 bits per heavy atom. The van der Waals surface area contributed by atoms with Gasteiger partial charge in [-0.1, -0.05) is 0 Å². The van der Waals surface area contributed by atoms with Crippen LogP contribution in [0, 0.1) is 11.3 Å². The van der Waals surface area contributed by atoms with Gasteiger partial charge in [0.25, 0.3) is 0 Å². The predicted molar refractivity (Wildman–Crippen MR) is 89.6 cm³/mol. The Labute approximate surface area is 146 Å². The fraction of sp³-hybridized carbons (Fsp3) is 0.471. The zero-order valence-electron chi connectivity index (χ0n) is 14.1. The van der Waals surface area contributed by atoms with Crippen LogP contribution in [-0.2, 0) is 17.9 Å². The lowest BCUT2D eigenvalue weighted by Crippen LogP contribution is -2.34. The van der Waals surface area contributed by atoms with Crippen molar-refractivity contribution in [1.29, 1.82) is 5.26 Å². The highest BCUT2D eigenvalue weighted by atomic mass is 16.5. The van der Waals surface area contributed by atoms with E-state index in [-0.39, 0.29) is 12.1 Å². The van der Waals surface area contributed by atoms with E-state index in [0.717, 1.165) is 24.4 Å². The van der Waals surface area contributed by atoms with Crippen LogP contribution in [0.3, 0.4) is 0 Å². The van der Waals surface area contributed by atoms with Crippen LogP contribution in [0.4, 0.5) is 10.6 Å². The smallest absolute Gasteiger partial charge is 0.323 e. The molecule has 1 saturated heterocycles. The Balaban J connectivity index is 1.64. The number of carbonyl (C=O) groups excluding carboxylic acids is 1. The molecule has 1 N–H and O–H groups in total. The van der Waals surface area contributed by atoms with Crippen molar-refractivity contribution in [2.24, 2.45) is 0 Å². The van der Waals surface area contributed by atoms with Crippen LogP contribution in [0.25, 0.3) is 0 Å². The van der Waals surface area contributed by atoms with Crippen LogP contribution in [0.15, 0.2) is 28.8 Å². The van der Waals surface area contributed by atoms with Crippen molar-refractivity contribution in [3.05, 3.63) is 35.9 Å². The summed E-state index contributed by atoms with van der Waals surface area (Å²) >= 11 is 0. The summed E-state index contributed by atoms with van der Waals surface area (Å²) in [5, 5.41) is 15.7. The van der Waals surface area contributed by atoms with Gasteiger partial charge < -0.3 is 14.1 Å². The van der Waals surface area contributed by atoms with Gasteiger partial charge in [0.05, 0.1) is 25.1 Å². The predicted octanol–water partition coefficient (Wildman–Crippen LogP) is 2.91. The number of furan rings is 1. The molecule has 2 aromatic rings. The third kappa shape index (κ3) is 4.00. The maximum Gasteiger partial charge on any atom is 0.323 e. The largest absolute Gasteiger partial charge is 0.461 e. The summed E-state index contributed by atoms with van der Waals surface area (Å²) < 4.78 is 12.5. The third-order valence-corrected chi connectivity index (χ3v) is 4.14.